The van der Waals surface area contributed by atoms with Crippen molar-refractivity contribution in [3.05, 3.63) is 37.4 Å². The molecule has 0 spiro atoms. The van der Waals surface area contributed by atoms with Crippen LogP contribution >= 0.6 is 0 Å². The van der Waals surface area contributed by atoms with Crippen molar-refractivity contribution in [1.82, 2.24) is 9.13 Å². The van der Waals surface area contributed by atoms with Gasteiger partial charge in [0, 0.05) is 0 Å². The second-order valence-electron chi connectivity index (χ2n) is 5.34. The molecule has 0 aliphatic carbocycles. The summed E-state index contributed by atoms with van der Waals surface area (Å²) < 4.78 is 8.55. The van der Waals surface area contributed by atoms with Gasteiger partial charge in [-0.2, -0.15) is 0 Å². The van der Waals surface area contributed by atoms with E-state index in [0.29, 0.717) is 0 Å². The minimum atomic E-state index is 0. The Morgan fingerprint density at radius 2 is 0.730 bits per heavy atom. The van der Waals surface area contributed by atoms with E-state index in [-0.39, 0.29) is 219 Å². The monoisotopic (exact) mass is 826 g/mol. The molecule has 0 N–H and O–H groups in total. The van der Waals surface area contributed by atoms with Crippen molar-refractivity contribution in [3.63, 3.8) is 0 Å². The van der Waals surface area contributed by atoms with Gasteiger partial charge in [-0.15, -0.1) is 0 Å². The van der Waals surface area contributed by atoms with E-state index in [2.05, 4.69) is 69.6 Å². The van der Waals surface area contributed by atoms with Gasteiger partial charge in [-0.1, -0.05) is 26.7 Å². The van der Waals surface area contributed by atoms with Crippen LogP contribution in [0.25, 0.3) is 0 Å². The van der Waals surface area contributed by atoms with Crippen LogP contribution in [0.5, 0.6) is 0 Å². The number of rotatable bonds is 6. The normalized spacial score (nSPS) is 5.51. The first kappa shape index (κ1) is 114. The summed E-state index contributed by atoms with van der Waals surface area (Å²) >= 11 is 0. The fourth-order valence-electron chi connectivity index (χ4n) is 1.95. The Hall–Kier alpha value is 3.69. The molecule has 0 aliphatic heterocycles. The number of imidazole rings is 2. The van der Waals surface area contributed by atoms with Crippen LogP contribution in [0.1, 0.15) is 39.5 Å². The average Bonchev–Trinajstić information content (AvgIpc) is 3.03. The van der Waals surface area contributed by atoms with Gasteiger partial charge in [0.2, 0.25) is 12.7 Å². The third kappa shape index (κ3) is 64.0. The molecule has 0 aliphatic rings. The Labute approximate surface area is 337 Å². The minimum absolute atomic E-state index is 0. The zero-order valence-electron chi connectivity index (χ0n) is 20.7. The number of unbranched alkanes of at least 4 members (excludes halogenated alkanes) is 2. The fraction of sp³-hybridized carbons (Fsp3) is 0.625. The Morgan fingerprint density at radius 3 is 0.865 bits per heavy atom. The third-order valence-corrected chi connectivity index (χ3v) is 3.19. The Kier molecular flexibility index (Phi) is 239. The number of halogens is 10. The SMILES string of the molecule is CCCCn1cc[n+](C)c1.CCCCn1cc[n+](C)c1.[Al+3].[Al+3].[Cl-].[Cl-].[Cl-].[Cl-].[Cl-].[Cl-].[Cl-].[Cl-].[Cl-].[Cl-].[O-2].[O-2].[O-2].[Ti+4].[Ti+4]. The smallest absolute Gasteiger partial charge is 2.00 e. The van der Waals surface area contributed by atoms with Crippen molar-refractivity contribution >= 4 is 34.7 Å². The molecule has 0 atom stereocenters. The van der Waals surface area contributed by atoms with Crippen molar-refractivity contribution in [3.8, 4) is 0 Å². The summed E-state index contributed by atoms with van der Waals surface area (Å²) in [4.78, 5) is 0. The molecule has 2 aromatic rings. The molecule has 0 radical (unpaired) electrons. The van der Waals surface area contributed by atoms with Crippen LogP contribution in [0.15, 0.2) is 37.4 Å². The van der Waals surface area contributed by atoms with Crippen LogP contribution in [0.2, 0.25) is 0 Å². The topological polar surface area (TPSA) is 103 Å². The molecule has 0 saturated carbocycles. The first-order chi connectivity index (χ1) is 9.65. The van der Waals surface area contributed by atoms with E-state index in [1.54, 1.807) is 0 Å². The molecular formula is C16H30Al2Cl10N4O3Ti2. The molecule has 0 unspecified atom stereocenters. The Balaban J connectivity index is -0.00000000988. The van der Waals surface area contributed by atoms with Gasteiger partial charge in [0.15, 0.2) is 0 Å². The van der Waals surface area contributed by atoms with Crippen LogP contribution in [-0.2, 0) is 87.0 Å². The quantitative estimate of drug-likeness (QED) is 0.204. The van der Waals surface area contributed by atoms with E-state index < -0.39 is 0 Å². The van der Waals surface area contributed by atoms with Crippen LogP contribution < -0.4 is 133 Å². The summed E-state index contributed by atoms with van der Waals surface area (Å²) in [6.07, 6.45) is 17.6. The van der Waals surface area contributed by atoms with E-state index >= 15 is 0 Å². The number of nitrogens with zero attached hydrogens (tertiary/aromatic N) is 4. The summed E-state index contributed by atoms with van der Waals surface area (Å²) in [6, 6.07) is 0. The van der Waals surface area contributed by atoms with Gasteiger partial charge in [0.1, 0.15) is 24.8 Å². The zero-order valence-corrected chi connectivity index (χ0v) is 33.6. The van der Waals surface area contributed by atoms with Gasteiger partial charge >= 0.3 is 78.2 Å². The molecule has 0 fully saturated rings. The molecular weight excluding hydrogens is 800 g/mol. The summed E-state index contributed by atoms with van der Waals surface area (Å²) in [6.45, 7) is 6.72. The molecule has 0 bridgehead atoms. The second-order valence-corrected chi connectivity index (χ2v) is 5.34. The number of hydrogen-bond acceptors (Lipinski definition) is 0. The van der Waals surface area contributed by atoms with E-state index in [1.165, 1.54) is 25.7 Å². The van der Waals surface area contributed by atoms with E-state index in [4.69, 9.17) is 0 Å². The van der Waals surface area contributed by atoms with Crippen LogP contribution in [0.4, 0.5) is 0 Å². The molecule has 0 amide bonds. The van der Waals surface area contributed by atoms with Gasteiger partial charge in [-0.3, -0.25) is 0 Å². The average molecular weight is 831 g/mol. The summed E-state index contributed by atoms with van der Waals surface area (Å²) in [5.74, 6) is 0. The van der Waals surface area contributed by atoms with Gasteiger partial charge in [0.05, 0.1) is 27.2 Å². The largest absolute Gasteiger partial charge is 4.00 e. The zero-order chi connectivity index (χ0) is 14.8. The summed E-state index contributed by atoms with van der Waals surface area (Å²) in [5, 5.41) is 0. The molecule has 0 saturated heterocycles. The molecule has 2 heterocycles. The van der Waals surface area contributed by atoms with Gasteiger partial charge < -0.3 is 140 Å². The fourth-order valence-corrected chi connectivity index (χ4v) is 1.95. The van der Waals surface area contributed by atoms with Gasteiger partial charge in [0.25, 0.3) is 0 Å². The second kappa shape index (κ2) is 77.5. The molecule has 0 aromatic carbocycles. The summed E-state index contributed by atoms with van der Waals surface area (Å²) in [5.41, 5.74) is 0. The maximum atomic E-state index is 2.21. The Bertz CT molecular complexity index is 490. The predicted molar refractivity (Wildman–Crippen MR) is 94.6 cm³/mol. The van der Waals surface area contributed by atoms with Crippen LogP contribution in [0.3, 0.4) is 0 Å². The Morgan fingerprint density at radius 1 is 0.514 bits per heavy atom. The van der Waals surface area contributed by atoms with Crippen molar-refractivity contribution < 1.29 is 193 Å². The van der Waals surface area contributed by atoms with Crippen LogP contribution in [-0.4, -0.2) is 43.9 Å². The maximum Gasteiger partial charge on any atom is 4.00 e. The molecule has 2 aromatic heterocycles. The van der Waals surface area contributed by atoms with Crippen LogP contribution in [0, 0.1) is 0 Å². The van der Waals surface area contributed by atoms with Gasteiger partial charge in [-0.25, -0.2) is 18.3 Å². The first-order valence-corrected chi connectivity index (χ1v) is 7.67. The van der Waals surface area contributed by atoms with Crippen molar-refractivity contribution in [1.29, 1.82) is 0 Å². The van der Waals surface area contributed by atoms with E-state index in [9.17, 15) is 0 Å². The number of aromatic nitrogens is 4. The predicted octanol–water partition coefficient (Wildman–Crippen LogP) is -28.9. The first-order valence-electron chi connectivity index (χ1n) is 7.67. The van der Waals surface area contributed by atoms with E-state index in [1.807, 2.05) is 14.1 Å². The van der Waals surface area contributed by atoms with Crippen molar-refractivity contribution in [2.75, 3.05) is 0 Å². The van der Waals surface area contributed by atoms with Crippen molar-refractivity contribution in [2.45, 2.75) is 52.6 Å². The standard InChI is InChI=1S/2C8H15N2.2Al.10ClH.3O.2Ti/c2*1-3-4-5-10-7-6-9(2)8-10;;;;;;;;;;;;;;;;;/h2*6-8H,3-5H2,1-2H3;;;10*1H;;;;;/q2*+1;2*+3;;;;;;;;;;;3*-2;2*+4/p-10. The molecule has 21 heteroatoms. The third-order valence-electron chi connectivity index (χ3n) is 3.19. The van der Waals surface area contributed by atoms with Crippen molar-refractivity contribution in [2.24, 2.45) is 14.1 Å². The minimum Gasteiger partial charge on any atom is -2.00 e. The molecule has 7 nitrogen and oxygen atoms in total. The molecule has 216 valence electrons. The number of aryl methyl sites for hydroxylation is 4. The number of hydrogen-bond donors (Lipinski definition) is 0. The molecule has 2 rings (SSSR count). The van der Waals surface area contributed by atoms with E-state index in [0.717, 1.165) is 13.1 Å². The molecule has 37 heavy (non-hydrogen) atoms. The van der Waals surface area contributed by atoms with Gasteiger partial charge in [-0.05, 0) is 12.8 Å². The maximum absolute atomic E-state index is 2.21. The summed E-state index contributed by atoms with van der Waals surface area (Å²) in [7, 11) is 4.09.